The second-order valence-electron chi connectivity index (χ2n) is 4.82. The van der Waals surface area contributed by atoms with Crippen molar-refractivity contribution in [1.29, 1.82) is 0 Å². The molecule has 2 rings (SSSR count). The molecule has 0 aliphatic carbocycles. The highest BCUT2D eigenvalue weighted by atomic mass is 32.2. The molecular formula is C14H17N3O4S. The Bertz CT molecular complexity index is 740. The molecule has 0 amide bonds. The summed E-state index contributed by atoms with van der Waals surface area (Å²) in [5.74, 6) is -1.04. The molecule has 0 fully saturated rings. The maximum atomic E-state index is 12.6. The molecule has 1 aromatic heterocycles. The van der Waals surface area contributed by atoms with Gasteiger partial charge < -0.3 is 5.11 Å². The van der Waals surface area contributed by atoms with E-state index in [2.05, 4.69) is 5.10 Å². The van der Waals surface area contributed by atoms with Crippen LogP contribution in [0.4, 0.5) is 0 Å². The first kappa shape index (κ1) is 16.2. The van der Waals surface area contributed by atoms with Crippen LogP contribution in [0.2, 0.25) is 0 Å². The SMILES string of the molecule is Cn1cc(S(=O)(=O)N(CCC(=O)O)Cc2ccccc2)cn1. The number of hydrogen-bond acceptors (Lipinski definition) is 4. The third kappa shape index (κ3) is 3.92. The Morgan fingerprint density at radius 2 is 2.00 bits per heavy atom. The molecule has 0 atom stereocenters. The van der Waals surface area contributed by atoms with Crippen molar-refractivity contribution in [1.82, 2.24) is 14.1 Å². The van der Waals surface area contributed by atoms with Crippen LogP contribution in [-0.4, -0.2) is 40.1 Å². The second kappa shape index (κ2) is 6.71. The van der Waals surface area contributed by atoms with Crippen LogP contribution in [0.3, 0.4) is 0 Å². The molecule has 0 aliphatic heterocycles. The van der Waals surface area contributed by atoms with Crippen LogP contribution in [0, 0.1) is 0 Å². The number of nitrogens with zero attached hydrogens (tertiary/aromatic N) is 3. The fourth-order valence-electron chi connectivity index (χ4n) is 1.97. The Labute approximate surface area is 128 Å². The summed E-state index contributed by atoms with van der Waals surface area (Å²) in [6, 6.07) is 9.04. The number of carboxylic acids is 1. The molecule has 8 heteroatoms. The van der Waals surface area contributed by atoms with Gasteiger partial charge in [-0.25, -0.2) is 8.42 Å². The van der Waals surface area contributed by atoms with E-state index < -0.39 is 16.0 Å². The first-order valence-electron chi connectivity index (χ1n) is 6.64. The summed E-state index contributed by atoms with van der Waals surface area (Å²) in [6.07, 6.45) is 2.40. The highest BCUT2D eigenvalue weighted by molar-refractivity contribution is 7.89. The van der Waals surface area contributed by atoms with Crippen molar-refractivity contribution in [3.63, 3.8) is 0 Å². The second-order valence-corrected chi connectivity index (χ2v) is 6.76. The van der Waals surface area contributed by atoms with E-state index in [9.17, 15) is 13.2 Å². The van der Waals surface area contributed by atoms with Crippen molar-refractivity contribution in [2.45, 2.75) is 17.9 Å². The quantitative estimate of drug-likeness (QED) is 0.823. The number of aryl methyl sites for hydroxylation is 1. The van der Waals surface area contributed by atoms with E-state index in [4.69, 9.17) is 5.11 Å². The molecule has 1 heterocycles. The number of carbonyl (C=O) groups is 1. The largest absolute Gasteiger partial charge is 0.481 e. The van der Waals surface area contributed by atoms with Crippen LogP contribution in [0.15, 0.2) is 47.6 Å². The lowest BCUT2D eigenvalue weighted by Crippen LogP contribution is -2.32. The van der Waals surface area contributed by atoms with Crippen molar-refractivity contribution in [3.8, 4) is 0 Å². The van der Waals surface area contributed by atoms with Gasteiger partial charge in [0.25, 0.3) is 0 Å². The van der Waals surface area contributed by atoms with Gasteiger partial charge in [-0.2, -0.15) is 9.40 Å². The smallest absolute Gasteiger partial charge is 0.304 e. The van der Waals surface area contributed by atoms with E-state index in [0.717, 1.165) is 9.87 Å². The minimum absolute atomic E-state index is 0.0521. The molecule has 118 valence electrons. The van der Waals surface area contributed by atoms with Crippen LogP contribution in [0.5, 0.6) is 0 Å². The summed E-state index contributed by atoms with van der Waals surface area (Å²) < 4.78 is 27.8. The summed E-state index contributed by atoms with van der Waals surface area (Å²) in [5, 5.41) is 12.7. The Kier molecular flexibility index (Phi) is 4.94. The third-order valence-electron chi connectivity index (χ3n) is 3.10. The maximum absolute atomic E-state index is 12.6. The van der Waals surface area contributed by atoms with Crippen LogP contribution in [0.1, 0.15) is 12.0 Å². The van der Waals surface area contributed by atoms with Gasteiger partial charge in [0.05, 0.1) is 12.6 Å². The Morgan fingerprint density at radius 1 is 1.32 bits per heavy atom. The van der Waals surface area contributed by atoms with Crippen molar-refractivity contribution >= 4 is 16.0 Å². The van der Waals surface area contributed by atoms with Crippen LogP contribution in [-0.2, 0) is 28.4 Å². The molecule has 1 N–H and O–H groups in total. The van der Waals surface area contributed by atoms with E-state index in [1.54, 1.807) is 31.3 Å². The number of hydrogen-bond donors (Lipinski definition) is 1. The average Bonchev–Trinajstić information content (AvgIpc) is 2.91. The molecule has 0 unspecified atom stereocenters. The molecule has 2 aromatic rings. The predicted octanol–water partition coefficient (Wildman–Crippen LogP) is 1.09. The van der Waals surface area contributed by atoms with Gasteiger partial charge in [0.15, 0.2) is 0 Å². The van der Waals surface area contributed by atoms with Crippen molar-refractivity contribution in [3.05, 3.63) is 48.3 Å². The standard InChI is InChI=1S/C14H17N3O4S/c1-16-11-13(9-15-16)22(20,21)17(8-7-14(18)19)10-12-5-3-2-4-6-12/h2-6,9,11H,7-8,10H2,1H3,(H,18,19). The molecule has 0 aliphatic rings. The van der Waals surface area contributed by atoms with Crippen LogP contribution < -0.4 is 0 Å². The predicted molar refractivity (Wildman–Crippen MR) is 79.5 cm³/mol. The number of sulfonamides is 1. The minimum Gasteiger partial charge on any atom is -0.481 e. The zero-order chi connectivity index (χ0) is 16.2. The lowest BCUT2D eigenvalue weighted by molar-refractivity contribution is -0.137. The summed E-state index contributed by atoms with van der Waals surface area (Å²) in [4.78, 5) is 10.8. The Morgan fingerprint density at radius 3 is 2.55 bits per heavy atom. The number of aliphatic carboxylic acids is 1. The summed E-state index contributed by atoms with van der Waals surface area (Å²) in [7, 11) is -2.16. The summed E-state index contributed by atoms with van der Waals surface area (Å²) in [5.41, 5.74) is 0.792. The molecule has 7 nitrogen and oxygen atoms in total. The van der Waals surface area contributed by atoms with Crippen molar-refractivity contribution < 1.29 is 18.3 Å². The minimum atomic E-state index is -3.79. The normalized spacial score (nSPS) is 11.7. The van der Waals surface area contributed by atoms with E-state index in [0.29, 0.717) is 0 Å². The van der Waals surface area contributed by atoms with Gasteiger partial charge in [-0.05, 0) is 5.56 Å². The van der Waals surface area contributed by atoms with Gasteiger partial charge >= 0.3 is 5.97 Å². The van der Waals surface area contributed by atoms with Crippen molar-refractivity contribution in [2.75, 3.05) is 6.54 Å². The van der Waals surface area contributed by atoms with E-state index in [1.165, 1.54) is 17.1 Å². The Balaban J connectivity index is 2.28. The third-order valence-corrected chi connectivity index (χ3v) is 4.89. The average molecular weight is 323 g/mol. The number of benzene rings is 1. The van der Waals surface area contributed by atoms with Crippen LogP contribution in [0.25, 0.3) is 0 Å². The van der Waals surface area contributed by atoms with E-state index in [1.807, 2.05) is 6.07 Å². The number of aromatic nitrogens is 2. The zero-order valence-electron chi connectivity index (χ0n) is 12.1. The maximum Gasteiger partial charge on any atom is 0.304 e. The molecule has 0 radical (unpaired) electrons. The molecular weight excluding hydrogens is 306 g/mol. The van der Waals surface area contributed by atoms with Crippen molar-refractivity contribution in [2.24, 2.45) is 7.05 Å². The summed E-state index contributed by atoms with van der Waals surface area (Å²) >= 11 is 0. The number of rotatable bonds is 7. The van der Waals surface area contributed by atoms with Crippen LogP contribution >= 0.6 is 0 Å². The van der Waals surface area contributed by atoms with E-state index in [-0.39, 0.29) is 24.4 Å². The first-order chi connectivity index (χ1) is 10.4. The molecule has 0 bridgehead atoms. The monoisotopic (exact) mass is 323 g/mol. The van der Waals surface area contributed by atoms with Gasteiger partial charge in [-0.1, -0.05) is 30.3 Å². The molecule has 0 saturated heterocycles. The first-order valence-corrected chi connectivity index (χ1v) is 8.08. The molecule has 1 aromatic carbocycles. The Hall–Kier alpha value is -2.19. The highest BCUT2D eigenvalue weighted by Crippen LogP contribution is 2.18. The fourth-order valence-corrected chi connectivity index (χ4v) is 3.39. The highest BCUT2D eigenvalue weighted by Gasteiger charge is 2.26. The van der Waals surface area contributed by atoms with Gasteiger partial charge in [-0.15, -0.1) is 0 Å². The van der Waals surface area contributed by atoms with E-state index >= 15 is 0 Å². The topological polar surface area (TPSA) is 92.5 Å². The van der Waals surface area contributed by atoms with Gasteiger partial charge in [0.1, 0.15) is 4.90 Å². The fraction of sp³-hybridized carbons (Fsp3) is 0.286. The molecule has 0 saturated carbocycles. The van der Waals surface area contributed by atoms with Gasteiger partial charge in [-0.3, -0.25) is 9.48 Å². The number of carboxylic acid groups (broad SMARTS) is 1. The zero-order valence-corrected chi connectivity index (χ0v) is 12.9. The van der Waals surface area contributed by atoms with Gasteiger partial charge in [0.2, 0.25) is 10.0 Å². The summed E-state index contributed by atoms with van der Waals surface area (Å²) in [6.45, 7) is 0.0206. The molecule has 0 spiro atoms. The molecule has 22 heavy (non-hydrogen) atoms. The lowest BCUT2D eigenvalue weighted by Gasteiger charge is -2.20. The lowest BCUT2D eigenvalue weighted by atomic mass is 10.2. The van der Waals surface area contributed by atoms with Gasteiger partial charge in [0, 0.05) is 26.3 Å².